The lowest BCUT2D eigenvalue weighted by molar-refractivity contribution is 0.629. The van der Waals surface area contributed by atoms with E-state index in [0.717, 1.165) is 13.0 Å². The molecule has 0 aliphatic rings. The quantitative estimate of drug-likeness (QED) is 0.670. The third kappa shape index (κ3) is 2.51. The highest BCUT2D eigenvalue weighted by molar-refractivity contribution is 5.44. The highest BCUT2D eigenvalue weighted by Gasteiger charge is 1.96. The number of benzene rings is 1. The fourth-order valence-electron chi connectivity index (χ4n) is 0.930. The molecule has 0 fully saturated rings. The molecule has 0 saturated heterocycles. The molecule has 0 aliphatic heterocycles. The first kappa shape index (κ1) is 9.00. The van der Waals surface area contributed by atoms with Crippen LogP contribution in [0.1, 0.15) is 6.42 Å². The van der Waals surface area contributed by atoms with Crippen molar-refractivity contribution >= 4 is 5.69 Å². The Morgan fingerprint density at radius 1 is 1.33 bits per heavy atom. The van der Waals surface area contributed by atoms with E-state index < -0.39 is 0 Å². The number of hydrogen-bond donors (Lipinski definition) is 2. The minimum Gasteiger partial charge on any atom is -0.383 e. The SMILES string of the molecule is NCCCNc1ccccc1F. The Balaban J connectivity index is 2.46. The maximum Gasteiger partial charge on any atom is 0.146 e. The van der Waals surface area contributed by atoms with Crippen LogP contribution in [0.15, 0.2) is 24.3 Å². The average molecular weight is 168 g/mol. The summed E-state index contributed by atoms with van der Waals surface area (Å²) in [6.45, 7) is 1.35. The highest BCUT2D eigenvalue weighted by atomic mass is 19.1. The molecular formula is C9H13FN2. The number of para-hydroxylation sites is 1. The Morgan fingerprint density at radius 2 is 2.08 bits per heavy atom. The lowest BCUT2D eigenvalue weighted by Gasteiger charge is -2.05. The van der Waals surface area contributed by atoms with E-state index in [9.17, 15) is 4.39 Å². The third-order valence-electron chi connectivity index (χ3n) is 1.57. The average Bonchev–Trinajstić information content (AvgIpc) is 2.09. The van der Waals surface area contributed by atoms with Crippen molar-refractivity contribution in [3.63, 3.8) is 0 Å². The predicted molar refractivity (Wildman–Crippen MR) is 48.6 cm³/mol. The molecule has 0 amide bonds. The minimum atomic E-state index is -0.213. The van der Waals surface area contributed by atoms with Gasteiger partial charge in [0.15, 0.2) is 0 Å². The van der Waals surface area contributed by atoms with E-state index in [-0.39, 0.29) is 5.82 Å². The van der Waals surface area contributed by atoms with Gasteiger partial charge in [0.1, 0.15) is 5.82 Å². The van der Waals surface area contributed by atoms with Crippen LogP contribution in [0.25, 0.3) is 0 Å². The molecule has 0 atom stereocenters. The second-order valence-corrected chi connectivity index (χ2v) is 2.55. The van der Waals surface area contributed by atoms with E-state index in [1.165, 1.54) is 6.07 Å². The van der Waals surface area contributed by atoms with Gasteiger partial charge in [0.05, 0.1) is 5.69 Å². The van der Waals surface area contributed by atoms with Crippen LogP contribution in [0, 0.1) is 5.82 Å². The zero-order chi connectivity index (χ0) is 8.81. The summed E-state index contributed by atoms with van der Waals surface area (Å²) in [6.07, 6.45) is 0.855. The molecule has 0 bridgehead atoms. The van der Waals surface area contributed by atoms with Crippen molar-refractivity contribution in [2.75, 3.05) is 18.4 Å². The molecule has 12 heavy (non-hydrogen) atoms. The lowest BCUT2D eigenvalue weighted by atomic mass is 10.3. The third-order valence-corrected chi connectivity index (χ3v) is 1.57. The van der Waals surface area contributed by atoms with Crippen molar-refractivity contribution in [3.05, 3.63) is 30.1 Å². The predicted octanol–water partition coefficient (Wildman–Crippen LogP) is 1.59. The topological polar surface area (TPSA) is 38.0 Å². The molecule has 0 saturated carbocycles. The molecule has 2 nitrogen and oxygen atoms in total. The van der Waals surface area contributed by atoms with Gasteiger partial charge in [-0.05, 0) is 25.1 Å². The van der Waals surface area contributed by atoms with Crippen LogP contribution in [0.3, 0.4) is 0 Å². The van der Waals surface area contributed by atoms with Crippen LogP contribution in [-0.2, 0) is 0 Å². The van der Waals surface area contributed by atoms with Gasteiger partial charge in [-0.25, -0.2) is 4.39 Å². The molecule has 3 heteroatoms. The fourth-order valence-corrected chi connectivity index (χ4v) is 0.930. The van der Waals surface area contributed by atoms with Crippen LogP contribution in [0.4, 0.5) is 10.1 Å². The van der Waals surface area contributed by atoms with Gasteiger partial charge in [-0.3, -0.25) is 0 Å². The number of nitrogens with two attached hydrogens (primary N) is 1. The zero-order valence-electron chi connectivity index (χ0n) is 6.89. The fraction of sp³-hybridized carbons (Fsp3) is 0.333. The molecule has 1 aromatic rings. The van der Waals surface area contributed by atoms with E-state index in [2.05, 4.69) is 5.32 Å². The minimum absolute atomic E-state index is 0.213. The molecule has 0 heterocycles. The Kier molecular flexibility index (Phi) is 3.54. The molecule has 1 aromatic carbocycles. The Morgan fingerprint density at radius 3 is 2.75 bits per heavy atom. The normalized spacial score (nSPS) is 9.83. The number of nitrogens with one attached hydrogen (secondary N) is 1. The molecule has 0 aromatic heterocycles. The van der Waals surface area contributed by atoms with Crippen molar-refractivity contribution in [1.82, 2.24) is 0 Å². The van der Waals surface area contributed by atoms with Gasteiger partial charge in [0.25, 0.3) is 0 Å². The van der Waals surface area contributed by atoms with Crippen LogP contribution in [0.2, 0.25) is 0 Å². The molecule has 66 valence electrons. The monoisotopic (exact) mass is 168 g/mol. The van der Waals surface area contributed by atoms with Gasteiger partial charge in [-0.1, -0.05) is 12.1 Å². The van der Waals surface area contributed by atoms with E-state index in [1.807, 2.05) is 0 Å². The molecule has 0 unspecified atom stereocenters. The summed E-state index contributed by atoms with van der Waals surface area (Å²) in [5.41, 5.74) is 5.84. The molecule has 0 aliphatic carbocycles. The summed E-state index contributed by atoms with van der Waals surface area (Å²) >= 11 is 0. The second kappa shape index (κ2) is 4.72. The molecule has 0 spiro atoms. The summed E-state index contributed by atoms with van der Waals surface area (Å²) in [7, 11) is 0. The van der Waals surface area contributed by atoms with E-state index in [0.29, 0.717) is 12.2 Å². The Bertz CT molecular complexity index is 238. The standard InChI is InChI=1S/C9H13FN2/c10-8-4-1-2-5-9(8)12-7-3-6-11/h1-2,4-5,12H,3,6-7,11H2. The molecule has 0 radical (unpaired) electrons. The van der Waals surface area contributed by atoms with E-state index in [1.54, 1.807) is 18.2 Å². The molecule has 1 rings (SSSR count). The lowest BCUT2D eigenvalue weighted by Crippen LogP contribution is -2.09. The first-order valence-electron chi connectivity index (χ1n) is 4.03. The van der Waals surface area contributed by atoms with Gasteiger partial charge < -0.3 is 11.1 Å². The number of halogens is 1. The summed E-state index contributed by atoms with van der Waals surface area (Å²) in [4.78, 5) is 0. The number of rotatable bonds is 4. The van der Waals surface area contributed by atoms with Gasteiger partial charge in [-0.15, -0.1) is 0 Å². The largest absolute Gasteiger partial charge is 0.383 e. The first-order valence-corrected chi connectivity index (χ1v) is 4.03. The smallest absolute Gasteiger partial charge is 0.146 e. The number of hydrogen-bond acceptors (Lipinski definition) is 2. The number of anilines is 1. The van der Waals surface area contributed by atoms with Crippen molar-refractivity contribution in [3.8, 4) is 0 Å². The summed E-state index contributed by atoms with van der Waals surface area (Å²) in [6, 6.07) is 6.62. The van der Waals surface area contributed by atoms with Gasteiger partial charge >= 0.3 is 0 Å². The molecule has 3 N–H and O–H groups in total. The van der Waals surface area contributed by atoms with Crippen molar-refractivity contribution in [2.45, 2.75) is 6.42 Å². The van der Waals surface area contributed by atoms with Crippen LogP contribution in [-0.4, -0.2) is 13.1 Å². The summed E-state index contributed by atoms with van der Waals surface area (Å²) in [5.74, 6) is -0.213. The van der Waals surface area contributed by atoms with Crippen LogP contribution in [0.5, 0.6) is 0 Å². The van der Waals surface area contributed by atoms with Crippen molar-refractivity contribution in [1.29, 1.82) is 0 Å². The molecular weight excluding hydrogens is 155 g/mol. The van der Waals surface area contributed by atoms with Crippen molar-refractivity contribution in [2.24, 2.45) is 5.73 Å². The van der Waals surface area contributed by atoms with E-state index in [4.69, 9.17) is 5.73 Å². The first-order chi connectivity index (χ1) is 5.84. The Labute approximate surface area is 71.6 Å². The summed E-state index contributed by atoms with van der Waals surface area (Å²) in [5, 5.41) is 2.96. The van der Waals surface area contributed by atoms with Gasteiger partial charge in [-0.2, -0.15) is 0 Å². The van der Waals surface area contributed by atoms with Crippen LogP contribution >= 0.6 is 0 Å². The van der Waals surface area contributed by atoms with Gasteiger partial charge in [0.2, 0.25) is 0 Å². The van der Waals surface area contributed by atoms with Gasteiger partial charge in [0, 0.05) is 6.54 Å². The highest BCUT2D eigenvalue weighted by Crippen LogP contribution is 2.11. The maximum atomic E-state index is 12.9. The zero-order valence-corrected chi connectivity index (χ0v) is 6.89. The van der Waals surface area contributed by atoms with E-state index >= 15 is 0 Å². The summed E-state index contributed by atoms with van der Waals surface area (Å²) < 4.78 is 12.9. The van der Waals surface area contributed by atoms with Crippen molar-refractivity contribution < 1.29 is 4.39 Å². The maximum absolute atomic E-state index is 12.9. The van der Waals surface area contributed by atoms with Crippen LogP contribution < -0.4 is 11.1 Å². The second-order valence-electron chi connectivity index (χ2n) is 2.55. The Hall–Kier alpha value is -1.09.